The van der Waals surface area contributed by atoms with Gasteiger partial charge in [0.15, 0.2) is 5.11 Å². The van der Waals surface area contributed by atoms with Crippen molar-refractivity contribution in [2.24, 2.45) is 11.8 Å². The van der Waals surface area contributed by atoms with Crippen LogP contribution in [0, 0.1) is 11.8 Å². The maximum absolute atomic E-state index is 5.22. The third-order valence-corrected chi connectivity index (χ3v) is 3.48. The van der Waals surface area contributed by atoms with Crippen LogP contribution in [-0.2, 0) is 0 Å². The minimum atomic E-state index is 0.588. The van der Waals surface area contributed by atoms with Gasteiger partial charge in [0.05, 0.1) is 0 Å². The van der Waals surface area contributed by atoms with Crippen LogP contribution >= 0.6 is 12.2 Å². The summed E-state index contributed by atoms with van der Waals surface area (Å²) < 4.78 is 0. The summed E-state index contributed by atoms with van der Waals surface area (Å²) in [6.45, 7) is 0. The molecule has 0 amide bonds. The highest BCUT2D eigenvalue weighted by atomic mass is 32.1. The monoisotopic (exact) mass is 196 g/mol. The largest absolute Gasteiger partial charge is 0.359 e. The Hall–Kier alpha value is -0.570. The Morgan fingerprint density at radius 3 is 2.62 bits per heavy atom. The lowest BCUT2D eigenvalue weighted by Gasteiger charge is -2.24. The number of fused-ring (bicyclic) bond motifs is 2. The maximum Gasteiger partial charge on any atom is 0.168 e. The Bertz CT molecular complexity index is 247. The summed E-state index contributed by atoms with van der Waals surface area (Å²) in [4.78, 5) is 1.96. The molecular weight excluding hydrogens is 180 g/mol. The zero-order valence-corrected chi connectivity index (χ0v) is 8.97. The fourth-order valence-electron chi connectivity index (χ4n) is 2.23. The molecule has 0 heterocycles. The Balaban J connectivity index is 1.90. The molecule has 13 heavy (non-hydrogen) atoms. The SMILES string of the molecule is CN(C)C(=S)NC1CC2C=CC1C2. The van der Waals surface area contributed by atoms with E-state index in [1.54, 1.807) is 0 Å². The van der Waals surface area contributed by atoms with E-state index in [9.17, 15) is 0 Å². The molecule has 2 nitrogen and oxygen atoms in total. The lowest BCUT2D eigenvalue weighted by Crippen LogP contribution is -2.43. The second kappa shape index (κ2) is 3.29. The molecule has 3 heteroatoms. The second-order valence-corrected chi connectivity index (χ2v) is 4.62. The van der Waals surface area contributed by atoms with Gasteiger partial charge in [-0.1, -0.05) is 12.2 Å². The van der Waals surface area contributed by atoms with Gasteiger partial charge in [-0.2, -0.15) is 0 Å². The van der Waals surface area contributed by atoms with Gasteiger partial charge in [0.25, 0.3) is 0 Å². The first-order valence-corrected chi connectivity index (χ1v) is 5.24. The van der Waals surface area contributed by atoms with E-state index in [0.29, 0.717) is 6.04 Å². The minimum Gasteiger partial charge on any atom is -0.359 e. The van der Waals surface area contributed by atoms with E-state index >= 15 is 0 Å². The predicted octanol–water partition coefficient (Wildman–Crippen LogP) is 1.39. The van der Waals surface area contributed by atoms with Crippen molar-refractivity contribution < 1.29 is 0 Å². The molecule has 1 N–H and O–H groups in total. The molecule has 0 aromatic rings. The molecule has 0 spiro atoms. The highest BCUT2D eigenvalue weighted by Gasteiger charge is 2.35. The minimum absolute atomic E-state index is 0.588. The number of nitrogens with one attached hydrogen (secondary N) is 1. The Morgan fingerprint density at radius 2 is 2.15 bits per heavy atom. The fourth-order valence-corrected chi connectivity index (χ4v) is 2.39. The predicted molar refractivity (Wildman–Crippen MR) is 58.6 cm³/mol. The Labute approximate surface area is 85.0 Å². The average Bonchev–Trinajstić information content (AvgIpc) is 2.64. The average molecular weight is 196 g/mol. The van der Waals surface area contributed by atoms with Crippen molar-refractivity contribution in [2.45, 2.75) is 18.9 Å². The van der Waals surface area contributed by atoms with Crippen molar-refractivity contribution in [1.29, 1.82) is 0 Å². The van der Waals surface area contributed by atoms with Gasteiger partial charge in [-0.15, -0.1) is 0 Å². The van der Waals surface area contributed by atoms with Gasteiger partial charge in [0.1, 0.15) is 0 Å². The van der Waals surface area contributed by atoms with E-state index in [-0.39, 0.29) is 0 Å². The summed E-state index contributed by atoms with van der Waals surface area (Å²) in [6.07, 6.45) is 7.27. The summed E-state index contributed by atoms with van der Waals surface area (Å²) in [5.41, 5.74) is 0. The number of hydrogen-bond donors (Lipinski definition) is 1. The van der Waals surface area contributed by atoms with E-state index in [4.69, 9.17) is 12.2 Å². The molecule has 0 radical (unpaired) electrons. The highest BCUT2D eigenvalue weighted by molar-refractivity contribution is 7.80. The van der Waals surface area contributed by atoms with E-state index in [0.717, 1.165) is 16.9 Å². The van der Waals surface area contributed by atoms with Gasteiger partial charge in [-0.3, -0.25) is 0 Å². The molecule has 2 rings (SSSR count). The molecule has 3 unspecified atom stereocenters. The number of allylic oxidation sites excluding steroid dienone is 1. The molecule has 0 saturated heterocycles. The van der Waals surface area contributed by atoms with Gasteiger partial charge >= 0.3 is 0 Å². The van der Waals surface area contributed by atoms with Crippen molar-refractivity contribution in [3.05, 3.63) is 12.2 Å². The van der Waals surface area contributed by atoms with E-state index in [1.807, 2.05) is 19.0 Å². The molecule has 2 bridgehead atoms. The van der Waals surface area contributed by atoms with Crippen LogP contribution in [0.25, 0.3) is 0 Å². The summed E-state index contributed by atoms with van der Waals surface area (Å²) in [5.74, 6) is 1.54. The molecule has 0 aromatic carbocycles. The highest BCUT2D eigenvalue weighted by Crippen LogP contribution is 2.38. The van der Waals surface area contributed by atoms with Crippen molar-refractivity contribution >= 4 is 17.3 Å². The number of thiocarbonyl (C=S) groups is 1. The van der Waals surface area contributed by atoms with Crippen LogP contribution in [0.5, 0.6) is 0 Å². The van der Waals surface area contributed by atoms with Crippen molar-refractivity contribution in [2.75, 3.05) is 14.1 Å². The maximum atomic E-state index is 5.22. The summed E-state index contributed by atoms with van der Waals surface area (Å²) >= 11 is 5.22. The van der Waals surface area contributed by atoms with Crippen LogP contribution in [0.3, 0.4) is 0 Å². The van der Waals surface area contributed by atoms with Crippen LogP contribution in [0.2, 0.25) is 0 Å². The standard InChI is InChI=1S/C10H16N2S/c1-12(2)10(13)11-9-6-7-3-4-8(9)5-7/h3-4,7-9H,5-6H2,1-2H3,(H,11,13). The number of nitrogens with zero attached hydrogens (tertiary/aromatic N) is 1. The van der Waals surface area contributed by atoms with Crippen LogP contribution < -0.4 is 5.32 Å². The van der Waals surface area contributed by atoms with Gasteiger partial charge < -0.3 is 10.2 Å². The van der Waals surface area contributed by atoms with Crippen LogP contribution in [0.1, 0.15) is 12.8 Å². The third kappa shape index (κ3) is 1.70. The molecule has 2 aliphatic carbocycles. The zero-order valence-electron chi connectivity index (χ0n) is 8.16. The molecule has 0 aromatic heterocycles. The van der Waals surface area contributed by atoms with E-state index in [1.165, 1.54) is 12.8 Å². The molecule has 1 saturated carbocycles. The molecule has 2 aliphatic rings. The molecule has 72 valence electrons. The molecule has 1 fully saturated rings. The van der Waals surface area contributed by atoms with Crippen LogP contribution in [-0.4, -0.2) is 30.1 Å². The summed E-state index contributed by atoms with van der Waals surface area (Å²) in [5, 5.41) is 4.28. The van der Waals surface area contributed by atoms with Gasteiger partial charge in [-0.25, -0.2) is 0 Å². The van der Waals surface area contributed by atoms with Crippen LogP contribution in [0.15, 0.2) is 12.2 Å². The first-order chi connectivity index (χ1) is 6.16. The van der Waals surface area contributed by atoms with E-state index in [2.05, 4.69) is 17.5 Å². The summed E-state index contributed by atoms with van der Waals surface area (Å²) in [7, 11) is 3.97. The van der Waals surface area contributed by atoms with Crippen molar-refractivity contribution in [3.63, 3.8) is 0 Å². The van der Waals surface area contributed by atoms with Crippen LogP contribution in [0.4, 0.5) is 0 Å². The fraction of sp³-hybridized carbons (Fsp3) is 0.700. The first kappa shape index (κ1) is 9.00. The molecule has 3 atom stereocenters. The lowest BCUT2D eigenvalue weighted by molar-refractivity contribution is 0.491. The zero-order chi connectivity index (χ0) is 9.42. The van der Waals surface area contributed by atoms with E-state index < -0.39 is 0 Å². The second-order valence-electron chi connectivity index (χ2n) is 4.23. The molecule has 0 aliphatic heterocycles. The molecular formula is C10H16N2S. The normalized spacial score (nSPS) is 35.1. The number of hydrogen-bond acceptors (Lipinski definition) is 1. The Morgan fingerprint density at radius 1 is 1.38 bits per heavy atom. The quantitative estimate of drug-likeness (QED) is 0.504. The van der Waals surface area contributed by atoms with Gasteiger partial charge in [0, 0.05) is 20.1 Å². The first-order valence-electron chi connectivity index (χ1n) is 4.83. The van der Waals surface area contributed by atoms with Crippen molar-refractivity contribution in [3.8, 4) is 0 Å². The third-order valence-electron chi connectivity index (χ3n) is 2.99. The smallest absolute Gasteiger partial charge is 0.168 e. The van der Waals surface area contributed by atoms with Gasteiger partial charge in [0.2, 0.25) is 0 Å². The van der Waals surface area contributed by atoms with Crippen molar-refractivity contribution in [1.82, 2.24) is 10.2 Å². The summed E-state index contributed by atoms with van der Waals surface area (Å²) in [6, 6.07) is 0.588. The number of rotatable bonds is 1. The van der Waals surface area contributed by atoms with Gasteiger partial charge in [-0.05, 0) is 36.9 Å². The topological polar surface area (TPSA) is 15.3 Å². The lowest BCUT2D eigenvalue weighted by atomic mass is 10.0. The Kier molecular flexibility index (Phi) is 2.28.